The second-order valence-electron chi connectivity index (χ2n) is 5.27. The lowest BCUT2D eigenvalue weighted by atomic mass is 9.99. The van der Waals surface area contributed by atoms with E-state index < -0.39 is 0 Å². The number of pyridine rings is 1. The van der Waals surface area contributed by atoms with Crippen LogP contribution in [-0.2, 0) is 19.4 Å². The zero-order valence-corrected chi connectivity index (χ0v) is 11.7. The van der Waals surface area contributed by atoms with E-state index >= 15 is 0 Å². The Balaban J connectivity index is 1.54. The van der Waals surface area contributed by atoms with Gasteiger partial charge in [-0.25, -0.2) is 0 Å². The summed E-state index contributed by atoms with van der Waals surface area (Å²) in [6.07, 6.45) is 7.22. The van der Waals surface area contributed by atoms with E-state index in [1.54, 1.807) is 0 Å². The second kappa shape index (κ2) is 6.53. The predicted molar refractivity (Wildman–Crippen MR) is 82.9 cm³/mol. The first-order chi connectivity index (χ1) is 9.93. The number of fused-ring (bicyclic) bond motifs is 1. The summed E-state index contributed by atoms with van der Waals surface area (Å²) < 4.78 is 0. The first-order valence-corrected chi connectivity index (χ1v) is 7.38. The quantitative estimate of drug-likeness (QED) is 0.818. The molecule has 1 aromatic carbocycles. The van der Waals surface area contributed by atoms with Crippen LogP contribution in [0.4, 0.5) is 5.69 Å². The largest absolute Gasteiger partial charge is 0.385 e. The van der Waals surface area contributed by atoms with Gasteiger partial charge in [-0.3, -0.25) is 4.98 Å². The SMILES string of the molecule is c1cncc(CCNCc2cccc3c2NCCC3)c1. The molecule has 1 aliphatic heterocycles. The molecule has 2 aromatic rings. The number of hydrogen-bond donors (Lipinski definition) is 2. The number of rotatable bonds is 5. The Labute approximate surface area is 120 Å². The molecule has 0 amide bonds. The number of nitrogens with zero attached hydrogens (tertiary/aromatic N) is 1. The maximum Gasteiger partial charge on any atom is 0.0418 e. The van der Waals surface area contributed by atoms with Gasteiger partial charge in [0.05, 0.1) is 0 Å². The van der Waals surface area contributed by atoms with E-state index in [1.807, 2.05) is 18.5 Å². The third-order valence-corrected chi connectivity index (χ3v) is 3.79. The Morgan fingerprint density at radius 2 is 2.20 bits per heavy atom. The Kier molecular flexibility index (Phi) is 4.28. The molecule has 1 aromatic heterocycles. The van der Waals surface area contributed by atoms with Gasteiger partial charge in [0.15, 0.2) is 0 Å². The Bertz CT molecular complexity index is 551. The lowest BCUT2D eigenvalue weighted by Crippen LogP contribution is -2.20. The molecule has 0 fully saturated rings. The summed E-state index contributed by atoms with van der Waals surface area (Å²) in [6.45, 7) is 3.01. The van der Waals surface area contributed by atoms with Crippen LogP contribution >= 0.6 is 0 Å². The van der Waals surface area contributed by atoms with E-state index in [0.29, 0.717) is 0 Å². The first kappa shape index (κ1) is 13.1. The third kappa shape index (κ3) is 3.17. The average Bonchev–Trinajstić information content (AvgIpc) is 2.53. The molecule has 2 N–H and O–H groups in total. The molecule has 3 heteroatoms. The van der Waals surface area contributed by atoms with Crippen LogP contribution in [0.2, 0.25) is 0 Å². The smallest absolute Gasteiger partial charge is 0.0418 e. The van der Waals surface area contributed by atoms with E-state index in [-0.39, 0.29) is 0 Å². The molecule has 0 atom stereocenters. The minimum Gasteiger partial charge on any atom is -0.385 e. The monoisotopic (exact) mass is 267 g/mol. The van der Waals surface area contributed by atoms with Gasteiger partial charge in [0.2, 0.25) is 0 Å². The maximum absolute atomic E-state index is 4.14. The Morgan fingerprint density at radius 3 is 3.10 bits per heavy atom. The molecule has 0 bridgehead atoms. The molecule has 0 spiro atoms. The van der Waals surface area contributed by atoms with Crippen molar-refractivity contribution in [3.63, 3.8) is 0 Å². The summed E-state index contributed by atoms with van der Waals surface area (Å²) in [7, 11) is 0. The number of aryl methyl sites for hydroxylation is 1. The molecule has 2 heterocycles. The summed E-state index contributed by atoms with van der Waals surface area (Å²) in [6, 6.07) is 10.7. The average molecular weight is 267 g/mol. The molecule has 3 nitrogen and oxygen atoms in total. The lowest BCUT2D eigenvalue weighted by Gasteiger charge is -2.21. The van der Waals surface area contributed by atoms with E-state index in [1.165, 1.54) is 35.2 Å². The number of nitrogens with one attached hydrogen (secondary N) is 2. The van der Waals surface area contributed by atoms with E-state index in [2.05, 4.69) is 39.9 Å². The second-order valence-corrected chi connectivity index (χ2v) is 5.27. The van der Waals surface area contributed by atoms with Crippen LogP contribution in [0.25, 0.3) is 0 Å². The summed E-state index contributed by atoms with van der Waals surface area (Å²) in [4.78, 5) is 4.14. The zero-order chi connectivity index (χ0) is 13.6. The topological polar surface area (TPSA) is 37.0 Å². The summed E-state index contributed by atoms with van der Waals surface area (Å²) >= 11 is 0. The number of aromatic nitrogens is 1. The number of para-hydroxylation sites is 1. The van der Waals surface area contributed by atoms with Gasteiger partial charge in [-0.15, -0.1) is 0 Å². The summed E-state index contributed by atoms with van der Waals surface area (Å²) in [5.74, 6) is 0. The van der Waals surface area contributed by atoms with Crippen LogP contribution in [0.15, 0.2) is 42.7 Å². The van der Waals surface area contributed by atoms with Gasteiger partial charge in [-0.2, -0.15) is 0 Å². The van der Waals surface area contributed by atoms with Crippen LogP contribution in [0, 0.1) is 0 Å². The van der Waals surface area contributed by atoms with Gasteiger partial charge in [0.1, 0.15) is 0 Å². The molecule has 0 radical (unpaired) electrons. The van der Waals surface area contributed by atoms with Crippen molar-refractivity contribution in [2.75, 3.05) is 18.4 Å². The van der Waals surface area contributed by atoms with Gasteiger partial charge in [0, 0.05) is 31.2 Å². The molecule has 0 saturated heterocycles. The van der Waals surface area contributed by atoms with Crippen molar-refractivity contribution in [1.29, 1.82) is 0 Å². The standard InChI is InChI=1S/C17H21N3/c1-5-15-7-3-10-20-17(15)16(6-1)13-19-11-8-14-4-2-9-18-12-14/h1-2,4-6,9,12,19-20H,3,7-8,10-11,13H2. The molecule has 20 heavy (non-hydrogen) atoms. The highest BCUT2D eigenvalue weighted by atomic mass is 14.9. The molecule has 3 rings (SSSR count). The minimum absolute atomic E-state index is 0.927. The lowest BCUT2D eigenvalue weighted by molar-refractivity contribution is 0.683. The molecule has 0 saturated carbocycles. The van der Waals surface area contributed by atoms with Gasteiger partial charge in [-0.05, 0) is 48.6 Å². The molecular formula is C17H21N3. The minimum atomic E-state index is 0.927. The van der Waals surface area contributed by atoms with Crippen molar-refractivity contribution in [2.45, 2.75) is 25.8 Å². The Hall–Kier alpha value is -1.87. The van der Waals surface area contributed by atoms with Crippen LogP contribution in [0.3, 0.4) is 0 Å². The van der Waals surface area contributed by atoms with Gasteiger partial charge in [-0.1, -0.05) is 24.3 Å². The van der Waals surface area contributed by atoms with Crippen molar-refractivity contribution < 1.29 is 0 Å². The van der Waals surface area contributed by atoms with Crippen LogP contribution in [0.1, 0.15) is 23.1 Å². The predicted octanol–water partition coefficient (Wildman–Crippen LogP) is 2.77. The van der Waals surface area contributed by atoms with E-state index in [4.69, 9.17) is 0 Å². The summed E-state index contributed by atoms with van der Waals surface area (Å²) in [5, 5.41) is 7.07. The fourth-order valence-corrected chi connectivity index (χ4v) is 2.73. The van der Waals surface area contributed by atoms with E-state index in [9.17, 15) is 0 Å². The van der Waals surface area contributed by atoms with Crippen molar-refractivity contribution in [1.82, 2.24) is 10.3 Å². The van der Waals surface area contributed by atoms with Gasteiger partial charge >= 0.3 is 0 Å². The number of benzene rings is 1. The highest BCUT2D eigenvalue weighted by Crippen LogP contribution is 2.25. The zero-order valence-electron chi connectivity index (χ0n) is 11.7. The normalized spacial score (nSPS) is 13.6. The molecule has 1 aliphatic rings. The molecular weight excluding hydrogens is 246 g/mol. The van der Waals surface area contributed by atoms with Gasteiger partial charge < -0.3 is 10.6 Å². The molecule has 0 aliphatic carbocycles. The number of anilines is 1. The maximum atomic E-state index is 4.14. The number of hydrogen-bond acceptors (Lipinski definition) is 3. The van der Waals surface area contributed by atoms with Crippen LogP contribution < -0.4 is 10.6 Å². The molecule has 104 valence electrons. The van der Waals surface area contributed by atoms with Gasteiger partial charge in [0.25, 0.3) is 0 Å². The molecule has 0 unspecified atom stereocenters. The summed E-state index contributed by atoms with van der Waals surface area (Å²) in [5.41, 5.74) is 5.48. The highest BCUT2D eigenvalue weighted by Gasteiger charge is 2.11. The van der Waals surface area contributed by atoms with Crippen molar-refractivity contribution in [3.8, 4) is 0 Å². The van der Waals surface area contributed by atoms with Crippen LogP contribution in [-0.4, -0.2) is 18.1 Å². The highest BCUT2D eigenvalue weighted by molar-refractivity contribution is 5.59. The Morgan fingerprint density at radius 1 is 1.20 bits per heavy atom. The van der Waals surface area contributed by atoms with E-state index in [0.717, 1.165) is 26.1 Å². The van der Waals surface area contributed by atoms with Crippen molar-refractivity contribution in [3.05, 3.63) is 59.4 Å². The van der Waals surface area contributed by atoms with Crippen LogP contribution in [0.5, 0.6) is 0 Å². The van der Waals surface area contributed by atoms with Crippen molar-refractivity contribution in [2.24, 2.45) is 0 Å². The first-order valence-electron chi connectivity index (χ1n) is 7.38. The fraction of sp³-hybridized carbons (Fsp3) is 0.353. The van der Waals surface area contributed by atoms with Crippen molar-refractivity contribution >= 4 is 5.69 Å². The third-order valence-electron chi connectivity index (χ3n) is 3.79. The fourth-order valence-electron chi connectivity index (χ4n) is 2.73.